The zero-order valence-electron chi connectivity index (χ0n) is 9.09. The fourth-order valence-corrected chi connectivity index (χ4v) is 1.58. The third-order valence-corrected chi connectivity index (χ3v) is 2.65. The first-order chi connectivity index (χ1) is 8.06. The maximum Gasteiger partial charge on any atom is 0.212 e. The Balaban J connectivity index is 2.33. The maximum absolute atomic E-state index is 13.8. The van der Waals surface area contributed by atoms with Crippen molar-refractivity contribution in [2.75, 3.05) is 5.32 Å². The second-order valence-electron chi connectivity index (χ2n) is 3.70. The van der Waals surface area contributed by atoms with Crippen molar-refractivity contribution in [2.45, 2.75) is 6.54 Å². The van der Waals surface area contributed by atoms with E-state index < -0.39 is 5.82 Å². The van der Waals surface area contributed by atoms with Gasteiger partial charge in [0.2, 0.25) is 5.78 Å². The first-order valence-corrected chi connectivity index (χ1v) is 5.04. The van der Waals surface area contributed by atoms with Gasteiger partial charge in [-0.15, -0.1) is 0 Å². The lowest BCUT2D eigenvalue weighted by molar-refractivity contribution is -0.113. The van der Waals surface area contributed by atoms with Crippen molar-refractivity contribution >= 4 is 11.5 Å². The van der Waals surface area contributed by atoms with Gasteiger partial charge in [-0.05, 0) is 6.07 Å². The second kappa shape index (κ2) is 4.03. The number of hydrogen-bond acceptors (Lipinski definition) is 4. The highest BCUT2D eigenvalue weighted by Crippen LogP contribution is 2.28. The molecule has 0 saturated carbocycles. The summed E-state index contributed by atoms with van der Waals surface area (Å²) in [6.07, 6.45) is 0. The van der Waals surface area contributed by atoms with E-state index in [0.29, 0.717) is 5.56 Å². The highest BCUT2D eigenvalue weighted by molar-refractivity contribution is 6.20. The number of halogens is 1. The summed E-state index contributed by atoms with van der Waals surface area (Å²) in [5.41, 5.74) is 12.2. The summed E-state index contributed by atoms with van der Waals surface area (Å²) in [5, 5.41) is 2.66. The van der Waals surface area contributed by atoms with Crippen LogP contribution in [0.2, 0.25) is 0 Å². The van der Waals surface area contributed by atoms with Crippen LogP contribution in [-0.4, -0.2) is 5.78 Å². The molecule has 17 heavy (non-hydrogen) atoms. The van der Waals surface area contributed by atoms with E-state index in [4.69, 9.17) is 11.5 Å². The van der Waals surface area contributed by atoms with Crippen molar-refractivity contribution in [3.8, 4) is 0 Å². The quantitative estimate of drug-likeness (QED) is 0.680. The van der Waals surface area contributed by atoms with Gasteiger partial charge in [0.1, 0.15) is 5.70 Å². The van der Waals surface area contributed by atoms with Crippen LogP contribution < -0.4 is 16.8 Å². The molecule has 2 rings (SSSR count). The van der Waals surface area contributed by atoms with Crippen molar-refractivity contribution in [1.29, 1.82) is 0 Å². The Labute approximate surface area is 97.8 Å². The molecule has 4 nitrogen and oxygen atoms in total. The molecule has 0 atom stereocenters. The van der Waals surface area contributed by atoms with Gasteiger partial charge in [-0.3, -0.25) is 4.79 Å². The summed E-state index contributed by atoms with van der Waals surface area (Å²) in [4.78, 5) is 11.4. The van der Waals surface area contributed by atoms with Gasteiger partial charge in [0.05, 0.1) is 11.4 Å². The number of allylic oxidation sites excluding steroid dienone is 2. The molecule has 0 amide bonds. The SMILES string of the molecule is C=C1C(=O)C(Nc2cccc(CN)c2F)=C1N. The highest BCUT2D eigenvalue weighted by Gasteiger charge is 2.30. The van der Waals surface area contributed by atoms with E-state index in [1.54, 1.807) is 12.1 Å². The molecule has 1 aliphatic rings. The predicted octanol–water partition coefficient (Wildman–Crippen LogP) is 1.01. The molecule has 0 heterocycles. The number of Topliss-reactive ketones (excluding diaryl/α,β-unsaturated/α-hetero) is 1. The Morgan fingerprint density at radius 1 is 1.41 bits per heavy atom. The number of ketones is 1. The van der Waals surface area contributed by atoms with Gasteiger partial charge in [0.25, 0.3) is 0 Å². The molecule has 0 bridgehead atoms. The van der Waals surface area contributed by atoms with Gasteiger partial charge in [-0.25, -0.2) is 4.39 Å². The molecule has 1 aromatic rings. The van der Waals surface area contributed by atoms with Crippen LogP contribution >= 0.6 is 0 Å². The van der Waals surface area contributed by atoms with Gasteiger partial charge in [0.15, 0.2) is 5.82 Å². The van der Waals surface area contributed by atoms with Crippen LogP contribution in [0.3, 0.4) is 0 Å². The number of nitrogens with two attached hydrogens (primary N) is 2. The molecule has 0 spiro atoms. The Morgan fingerprint density at radius 2 is 2.12 bits per heavy atom. The zero-order chi connectivity index (χ0) is 12.6. The van der Waals surface area contributed by atoms with Crippen LogP contribution in [0.1, 0.15) is 5.56 Å². The van der Waals surface area contributed by atoms with Crippen LogP contribution in [0.25, 0.3) is 0 Å². The number of benzene rings is 1. The number of nitrogens with one attached hydrogen (secondary N) is 1. The summed E-state index contributed by atoms with van der Waals surface area (Å²) in [5.74, 6) is -0.763. The molecule has 1 aromatic carbocycles. The molecule has 0 saturated heterocycles. The molecule has 88 valence electrons. The Morgan fingerprint density at radius 3 is 2.71 bits per heavy atom. The molecular formula is C12H12FN3O. The van der Waals surface area contributed by atoms with Crippen LogP contribution in [0.15, 0.2) is 41.7 Å². The molecule has 5 N–H and O–H groups in total. The van der Waals surface area contributed by atoms with Gasteiger partial charge >= 0.3 is 0 Å². The molecule has 0 aliphatic heterocycles. The summed E-state index contributed by atoms with van der Waals surface area (Å²) in [6, 6.07) is 4.76. The van der Waals surface area contributed by atoms with E-state index in [9.17, 15) is 9.18 Å². The van der Waals surface area contributed by atoms with Crippen molar-refractivity contribution in [3.63, 3.8) is 0 Å². The lowest BCUT2D eigenvalue weighted by Gasteiger charge is -2.23. The molecule has 0 fully saturated rings. The van der Waals surface area contributed by atoms with Crippen LogP contribution in [0.4, 0.5) is 10.1 Å². The van der Waals surface area contributed by atoms with Crippen LogP contribution in [0.5, 0.6) is 0 Å². The van der Waals surface area contributed by atoms with E-state index >= 15 is 0 Å². The van der Waals surface area contributed by atoms with Crippen molar-refractivity contribution in [2.24, 2.45) is 11.5 Å². The van der Waals surface area contributed by atoms with Crippen molar-refractivity contribution in [3.05, 3.63) is 53.1 Å². The third-order valence-electron chi connectivity index (χ3n) is 2.65. The van der Waals surface area contributed by atoms with E-state index in [1.165, 1.54) is 6.07 Å². The molecule has 1 aliphatic carbocycles. The lowest BCUT2D eigenvalue weighted by Crippen LogP contribution is -2.31. The summed E-state index contributed by atoms with van der Waals surface area (Å²) < 4.78 is 13.8. The standard InChI is InChI=1S/C12H12FN3O/c1-6-10(15)11(12(6)17)16-8-4-2-3-7(5-14)9(8)13/h2-4,16H,1,5,14-15H2. The minimum absolute atomic E-state index is 0.0938. The van der Waals surface area contributed by atoms with Gasteiger partial charge < -0.3 is 16.8 Å². The molecule has 5 heteroatoms. The van der Waals surface area contributed by atoms with E-state index in [1.807, 2.05) is 0 Å². The number of anilines is 1. The smallest absolute Gasteiger partial charge is 0.212 e. The van der Waals surface area contributed by atoms with E-state index in [-0.39, 0.29) is 35.0 Å². The molecular weight excluding hydrogens is 221 g/mol. The average molecular weight is 233 g/mol. The maximum atomic E-state index is 13.8. The summed E-state index contributed by atoms with van der Waals surface area (Å²) in [7, 11) is 0. The van der Waals surface area contributed by atoms with Gasteiger partial charge in [-0.1, -0.05) is 18.7 Å². The lowest BCUT2D eigenvalue weighted by atomic mass is 9.93. The normalized spacial score (nSPS) is 14.9. The fourth-order valence-electron chi connectivity index (χ4n) is 1.58. The van der Waals surface area contributed by atoms with Crippen LogP contribution in [0, 0.1) is 5.82 Å². The van der Waals surface area contributed by atoms with Crippen LogP contribution in [-0.2, 0) is 11.3 Å². The molecule has 0 unspecified atom stereocenters. The Bertz CT molecular complexity index is 549. The summed E-state index contributed by atoms with van der Waals surface area (Å²) in [6.45, 7) is 3.58. The van der Waals surface area contributed by atoms with Gasteiger partial charge in [-0.2, -0.15) is 0 Å². The third kappa shape index (κ3) is 1.70. The van der Waals surface area contributed by atoms with Crippen molar-refractivity contribution < 1.29 is 9.18 Å². The number of carbonyl (C=O) groups excluding carboxylic acids is 1. The topological polar surface area (TPSA) is 81.1 Å². The number of carbonyl (C=O) groups is 1. The monoisotopic (exact) mass is 233 g/mol. The zero-order valence-corrected chi connectivity index (χ0v) is 9.09. The number of rotatable bonds is 3. The second-order valence-corrected chi connectivity index (χ2v) is 3.70. The largest absolute Gasteiger partial charge is 0.396 e. The fraction of sp³-hybridized carbons (Fsp3) is 0.0833. The van der Waals surface area contributed by atoms with E-state index in [0.717, 1.165) is 0 Å². The average Bonchev–Trinajstić information content (AvgIpc) is 2.36. The highest BCUT2D eigenvalue weighted by atomic mass is 19.1. The minimum Gasteiger partial charge on any atom is -0.396 e. The Hall–Kier alpha value is -2.14. The first-order valence-electron chi connectivity index (χ1n) is 5.04. The summed E-state index contributed by atoms with van der Waals surface area (Å²) >= 11 is 0. The van der Waals surface area contributed by atoms with Gasteiger partial charge in [0, 0.05) is 17.7 Å². The van der Waals surface area contributed by atoms with Crippen molar-refractivity contribution in [1.82, 2.24) is 0 Å². The first kappa shape index (κ1) is 11.3. The molecule has 0 aromatic heterocycles. The number of hydrogen-bond donors (Lipinski definition) is 3. The molecule has 0 radical (unpaired) electrons. The predicted molar refractivity (Wildman–Crippen MR) is 63.3 cm³/mol. The minimum atomic E-state index is -0.472. The Kier molecular flexibility index (Phi) is 2.69. The van der Waals surface area contributed by atoms with E-state index in [2.05, 4.69) is 11.9 Å².